The molecule has 0 atom stereocenters. The Bertz CT molecular complexity index is 1500. The SMILES string of the molecule is C=C(c1cn(C(c2ccccc2)(c2ccccc2)c2ccccc2)cn1)c1coc2ccccc12. The minimum absolute atomic E-state index is 0.603. The molecular weight excluding hydrogens is 428 g/mol. The van der Waals surface area contributed by atoms with Crippen molar-refractivity contribution in [3.8, 4) is 0 Å². The van der Waals surface area contributed by atoms with Crippen LogP contribution in [0.1, 0.15) is 27.9 Å². The van der Waals surface area contributed by atoms with Crippen LogP contribution in [0.5, 0.6) is 0 Å². The summed E-state index contributed by atoms with van der Waals surface area (Å²) in [5, 5.41) is 1.03. The van der Waals surface area contributed by atoms with Gasteiger partial charge in [0.15, 0.2) is 0 Å². The van der Waals surface area contributed by atoms with Gasteiger partial charge in [-0.05, 0) is 22.8 Å². The second kappa shape index (κ2) is 8.62. The Morgan fingerprint density at radius 2 is 1.20 bits per heavy atom. The summed E-state index contributed by atoms with van der Waals surface area (Å²) < 4.78 is 7.98. The van der Waals surface area contributed by atoms with E-state index in [0.29, 0.717) is 0 Å². The van der Waals surface area contributed by atoms with Crippen molar-refractivity contribution in [2.24, 2.45) is 0 Å². The summed E-state index contributed by atoms with van der Waals surface area (Å²) in [7, 11) is 0. The summed E-state index contributed by atoms with van der Waals surface area (Å²) in [4.78, 5) is 4.84. The molecule has 0 saturated carbocycles. The summed E-state index contributed by atoms with van der Waals surface area (Å²) >= 11 is 0. The summed E-state index contributed by atoms with van der Waals surface area (Å²) in [6.45, 7) is 4.40. The smallest absolute Gasteiger partial charge is 0.134 e. The molecule has 35 heavy (non-hydrogen) atoms. The number of fused-ring (bicyclic) bond motifs is 1. The van der Waals surface area contributed by atoms with Crippen LogP contribution in [0.15, 0.2) is 145 Å². The van der Waals surface area contributed by atoms with Gasteiger partial charge in [-0.3, -0.25) is 0 Å². The molecule has 2 heterocycles. The van der Waals surface area contributed by atoms with Crippen LogP contribution in [0.25, 0.3) is 16.5 Å². The van der Waals surface area contributed by atoms with Crippen LogP contribution in [0.2, 0.25) is 0 Å². The van der Waals surface area contributed by atoms with Crippen LogP contribution >= 0.6 is 0 Å². The predicted octanol–water partition coefficient (Wildman–Crippen LogP) is 7.53. The molecule has 3 nitrogen and oxygen atoms in total. The number of furan rings is 1. The van der Waals surface area contributed by atoms with E-state index >= 15 is 0 Å². The number of aromatic nitrogens is 2. The van der Waals surface area contributed by atoms with E-state index in [1.807, 2.05) is 24.5 Å². The molecule has 0 bridgehead atoms. The van der Waals surface area contributed by atoms with E-state index in [-0.39, 0.29) is 0 Å². The third-order valence-electron chi connectivity index (χ3n) is 6.66. The molecular formula is C32H24N2O. The zero-order valence-corrected chi connectivity index (χ0v) is 19.2. The van der Waals surface area contributed by atoms with E-state index in [9.17, 15) is 0 Å². The van der Waals surface area contributed by atoms with E-state index in [1.54, 1.807) is 6.26 Å². The van der Waals surface area contributed by atoms with Crippen molar-refractivity contribution in [2.45, 2.75) is 5.54 Å². The lowest BCUT2D eigenvalue weighted by atomic mass is 9.77. The van der Waals surface area contributed by atoms with E-state index < -0.39 is 5.54 Å². The maximum absolute atomic E-state index is 5.78. The van der Waals surface area contributed by atoms with Crippen molar-refractivity contribution in [1.82, 2.24) is 9.55 Å². The fourth-order valence-electron chi connectivity index (χ4n) is 5.00. The molecule has 4 aromatic carbocycles. The first-order valence-corrected chi connectivity index (χ1v) is 11.7. The highest BCUT2D eigenvalue weighted by Crippen LogP contribution is 2.41. The van der Waals surface area contributed by atoms with Crippen LogP contribution in [-0.2, 0) is 5.54 Å². The van der Waals surface area contributed by atoms with Gasteiger partial charge in [0.1, 0.15) is 11.1 Å². The Labute approximate surface area is 204 Å². The summed E-state index contributed by atoms with van der Waals surface area (Å²) in [5.41, 5.74) is 6.29. The van der Waals surface area contributed by atoms with Gasteiger partial charge >= 0.3 is 0 Å². The van der Waals surface area contributed by atoms with Crippen molar-refractivity contribution < 1.29 is 4.42 Å². The molecule has 2 aromatic heterocycles. The Morgan fingerprint density at radius 3 is 1.77 bits per heavy atom. The number of rotatable bonds is 6. The highest BCUT2D eigenvalue weighted by atomic mass is 16.3. The monoisotopic (exact) mass is 452 g/mol. The molecule has 0 N–H and O–H groups in total. The lowest BCUT2D eigenvalue weighted by Crippen LogP contribution is -2.36. The number of imidazole rings is 1. The Hall–Kier alpha value is -4.63. The fraction of sp³-hybridized carbons (Fsp3) is 0.0312. The van der Waals surface area contributed by atoms with Gasteiger partial charge in [-0.15, -0.1) is 0 Å². The molecule has 0 aliphatic carbocycles. The molecule has 6 rings (SSSR count). The summed E-state index contributed by atoms with van der Waals surface area (Å²) in [6.07, 6.45) is 5.78. The van der Waals surface area contributed by atoms with E-state index in [0.717, 1.165) is 44.5 Å². The normalized spacial score (nSPS) is 11.5. The van der Waals surface area contributed by atoms with Crippen molar-refractivity contribution in [1.29, 1.82) is 0 Å². The maximum atomic E-state index is 5.78. The summed E-state index contributed by atoms with van der Waals surface area (Å²) in [5.74, 6) is 0. The Kier molecular flexibility index (Phi) is 5.16. The Balaban J connectivity index is 1.57. The topological polar surface area (TPSA) is 31.0 Å². The second-order valence-electron chi connectivity index (χ2n) is 8.60. The quantitative estimate of drug-likeness (QED) is 0.245. The number of benzene rings is 4. The number of hydrogen-bond acceptors (Lipinski definition) is 2. The molecule has 0 unspecified atom stereocenters. The average Bonchev–Trinajstić information content (AvgIpc) is 3.59. The first kappa shape index (κ1) is 20.9. The third kappa shape index (κ3) is 3.41. The highest BCUT2D eigenvalue weighted by Gasteiger charge is 2.38. The van der Waals surface area contributed by atoms with Crippen LogP contribution in [0.3, 0.4) is 0 Å². The van der Waals surface area contributed by atoms with Crippen LogP contribution in [-0.4, -0.2) is 9.55 Å². The second-order valence-corrected chi connectivity index (χ2v) is 8.60. The van der Waals surface area contributed by atoms with E-state index in [4.69, 9.17) is 9.40 Å². The minimum Gasteiger partial charge on any atom is -0.464 e. The van der Waals surface area contributed by atoms with Crippen molar-refractivity contribution >= 4 is 16.5 Å². The fourth-order valence-corrected chi connectivity index (χ4v) is 5.00. The van der Waals surface area contributed by atoms with Gasteiger partial charge in [0.25, 0.3) is 0 Å². The van der Waals surface area contributed by atoms with Crippen molar-refractivity contribution in [2.75, 3.05) is 0 Å². The van der Waals surface area contributed by atoms with Gasteiger partial charge in [0.2, 0.25) is 0 Å². The number of hydrogen-bond donors (Lipinski definition) is 0. The largest absolute Gasteiger partial charge is 0.464 e. The van der Waals surface area contributed by atoms with E-state index in [2.05, 4.69) is 114 Å². The highest BCUT2D eigenvalue weighted by molar-refractivity contribution is 5.94. The molecule has 0 spiro atoms. The van der Waals surface area contributed by atoms with Gasteiger partial charge in [-0.2, -0.15) is 0 Å². The molecule has 6 aromatic rings. The van der Waals surface area contributed by atoms with Crippen LogP contribution < -0.4 is 0 Å². The summed E-state index contributed by atoms with van der Waals surface area (Å²) in [6, 6.07) is 39.8. The van der Waals surface area contributed by atoms with Gasteiger partial charge in [0.05, 0.1) is 18.3 Å². The molecule has 0 aliphatic rings. The zero-order valence-electron chi connectivity index (χ0n) is 19.2. The van der Waals surface area contributed by atoms with Gasteiger partial charge < -0.3 is 8.98 Å². The minimum atomic E-state index is -0.603. The first-order chi connectivity index (χ1) is 17.3. The van der Waals surface area contributed by atoms with Crippen LogP contribution in [0.4, 0.5) is 0 Å². The predicted molar refractivity (Wildman–Crippen MR) is 141 cm³/mol. The van der Waals surface area contributed by atoms with Crippen molar-refractivity contribution in [3.05, 3.63) is 169 Å². The average molecular weight is 453 g/mol. The van der Waals surface area contributed by atoms with Gasteiger partial charge in [-0.25, -0.2) is 4.98 Å². The third-order valence-corrected chi connectivity index (χ3v) is 6.66. The molecule has 0 radical (unpaired) electrons. The lowest BCUT2D eigenvalue weighted by Gasteiger charge is -2.37. The Morgan fingerprint density at radius 1 is 0.686 bits per heavy atom. The molecule has 0 aliphatic heterocycles. The standard InChI is InChI=1S/C32H24N2O/c1-24(29-22-35-31-20-12-11-19-28(29)31)30-21-34(23-33-30)32(25-13-5-2-6-14-25,26-15-7-3-8-16-26)27-17-9-4-10-18-27/h2-23H,1H2. The molecule has 3 heteroatoms. The molecule has 0 fully saturated rings. The number of para-hydroxylation sites is 1. The maximum Gasteiger partial charge on any atom is 0.134 e. The van der Waals surface area contributed by atoms with E-state index in [1.165, 1.54) is 0 Å². The number of nitrogens with zero attached hydrogens (tertiary/aromatic N) is 2. The van der Waals surface area contributed by atoms with Gasteiger partial charge in [-0.1, -0.05) is 116 Å². The molecule has 168 valence electrons. The zero-order chi connectivity index (χ0) is 23.7. The molecule has 0 saturated heterocycles. The lowest BCUT2D eigenvalue weighted by molar-refractivity contribution is 0.514. The molecule has 0 amide bonds. The van der Waals surface area contributed by atoms with Crippen molar-refractivity contribution in [3.63, 3.8) is 0 Å². The van der Waals surface area contributed by atoms with Gasteiger partial charge in [0, 0.05) is 22.7 Å². The first-order valence-electron chi connectivity index (χ1n) is 11.7. The van der Waals surface area contributed by atoms with Crippen LogP contribution in [0, 0.1) is 0 Å².